The van der Waals surface area contributed by atoms with Crippen LogP contribution in [0.25, 0.3) is 5.57 Å². The Balaban J connectivity index is 1.97. The third-order valence-corrected chi connectivity index (χ3v) is 3.64. The number of nitrogens with one attached hydrogen (secondary N) is 1. The van der Waals surface area contributed by atoms with Crippen LogP contribution < -0.4 is 5.32 Å². The third-order valence-electron chi connectivity index (χ3n) is 3.64. The summed E-state index contributed by atoms with van der Waals surface area (Å²) in [5.41, 5.74) is 2.50. The fraction of sp³-hybridized carbons (Fsp3) is 0.500. The van der Waals surface area contributed by atoms with Gasteiger partial charge in [-0.3, -0.25) is 4.90 Å². The van der Waals surface area contributed by atoms with Gasteiger partial charge in [0.2, 0.25) is 0 Å². The van der Waals surface area contributed by atoms with E-state index in [1.807, 2.05) is 0 Å². The van der Waals surface area contributed by atoms with E-state index in [4.69, 9.17) is 0 Å². The molecule has 0 aromatic heterocycles. The molecule has 1 atom stereocenters. The van der Waals surface area contributed by atoms with E-state index in [2.05, 4.69) is 54.1 Å². The van der Waals surface area contributed by atoms with Crippen LogP contribution in [0.15, 0.2) is 36.9 Å². The molecule has 1 saturated heterocycles. The van der Waals surface area contributed by atoms with Crippen molar-refractivity contribution in [3.8, 4) is 0 Å². The summed E-state index contributed by atoms with van der Waals surface area (Å²) in [5.74, 6) is 0. The number of nitrogens with zero attached hydrogens (tertiary/aromatic N) is 1. The van der Waals surface area contributed by atoms with Gasteiger partial charge in [-0.2, -0.15) is 0 Å². The van der Waals surface area contributed by atoms with E-state index in [9.17, 15) is 0 Å². The summed E-state index contributed by atoms with van der Waals surface area (Å²) >= 11 is 0. The van der Waals surface area contributed by atoms with Crippen LogP contribution in [0.2, 0.25) is 0 Å². The van der Waals surface area contributed by atoms with E-state index < -0.39 is 0 Å². The van der Waals surface area contributed by atoms with E-state index in [1.165, 1.54) is 24.0 Å². The lowest BCUT2D eigenvalue weighted by molar-refractivity contribution is 0.235. The second-order valence-corrected chi connectivity index (χ2v) is 5.09. The SMILES string of the molecule is C=C(CN(CCC)C1CCNC1)c1ccccc1. The lowest BCUT2D eigenvalue weighted by atomic mass is 10.1. The summed E-state index contributed by atoms with van der Waals surface area (Å²) in [5, 5.41) is 3.45. The van der Waals surface area contributed by atoms with Gasteiger partial charge in [0.25, 0.3) is 0 Å². The summed E-state index contributed by atoms with van der Waals surface area (Å²) in [6.07, 6.45) is 2.47. The van der Waals surface area contributed by atoms with Gasteiger partial charge < -0.3 is 5.32 Å². The highest BCUT2D eigenvalue weighted by molar-refractivity contribution is 5.64. The van der Waals surface area contributed by atoms with Crippen LogP contribution in [0.1, 0.15) is 25.3 Å². The number of hydrogen-bond acceptors (Lipinski definition) is 2. The molecule has 1 fully saturated rings. The van der Waals surface area contributed by atoms with Crippen LogP contribution in [-0.2, 0) is 0 Å². The van der Waals surface area contributed by atoms with Gasteiger partial charge in [-0.05, 0) is 37.1 Å². The Hall–Kier alpha value is -1.12. The molecule has 18 heavy (non-hydrogen) atoms. The highest BCUT2D eigenvalue weighted by atomic mass is 15.2. The Morgan fingerprint density at radius 1 is 1.39 bits per heavy atom. The highest BCUT2D eigenvalue weighted by Gasteiger charge is 2.21. The van der Waals surface area contributed by atoms with Gasteiger partial charge in [0.1, 0.15) is 0 Å². The van der Waals surface area contributed by atoms with Crippen LogP contribution >= 0.6 is 0 Å². The van der Waals surface area contributed by atoms with Gasteiger partial charge >= 0.3 is 0 Å². The molecule has 0 saturated carbocycles. The molecule has 1 aliphatic rings. The molecule has 0 radical (unpaired) electrons. The second-order valence-electron chi connectivity index (χ2n) is 5.09. The van der Waals surface area contributed by atoms with E-state index >= 15 is 0 Å². The van der Waals surface area contributed by atoms with Gasteiger partial charge in [0.05, 0.1) is 0 Å². The van der Waals surface area contributed by atoms with Crippen LogP contribution in [0, 0.1) is 0 Å². The Kier molecular flexibility index (Phi) is 4.97. The lowest BCUT2D eigenvalue weighted by Gasteiger charge is -2.28. The first-order chi connectivity index (χ1) is 8.81. The molecule has 1 unspecified atom stereocenters. The monoisotopic (exact) mass is 244 g/mol. The van der Waals surface area contributed by atoms with Crippen molar-refractivity contribution < 1.29 is 0 Å². The fourth-order valence-corrected chi connectivity index (χ4v) is 2.64. The standard InChI is InChI=1S/C16H24N2/c1-3-11-18(16-9-10-17-12-16)13-14(2)15-7-5-4-6-8-15/h4-8,16-17H,2-3,9-13H2,1H3. The molecule has 1 heterocycles. The van der Waals surface area contributed by atoms with E-state index in [1.54, 1.807) is 0 Å². The lowest BCUT2D eigenvalue weighted by Crippen LogP contribution is -2.38. The quantitative estimate of drug-likeness (QED) is 0.828. The Bertz CT molecular complexity index is 366. The molecule has 1 N–H and O–H groups in total. The van der Waals surface area contributed by atoms with Crippen molar-refractivity contribution in [1.82, 2.24) is 10.2 Å². The minimum atomic E-state index is 0.686. The molecule has 2 rings (SSSR count). The summed E-state index contributed by atoms with van der Waals surface area (Å²) < 4.78 is 0. The van der Waals surface area contributed by atoms with Crippen molar-refractivity contribution in [2.75, 3.05) is 26.2 Å². The van der Waals surface area contributed by atoms with Crippen LogP contribution in [0.5, 0.6) is 0 Å². The largest absolute Gasteiger partial charge is 0.315 e. The molecule has 98 valence electrons. The normalized spacial score (nSPS) is 19.3. The first-order valence-electron chi connectivity index (χ1n) is 6.99. The van der Waals surface area contributed by atoms with Crippen molar-refractivity contribution in [2.45, 2.75) is 25.8 Å². The average molecular weight is 244 g/mol. The van der Waals surface area contributed by atoms with Crippen molar-refractivity contribution in [2.24, 2.45) is 0 Å². The average Bonchev–Trinajstić information content (AvgIpc) is 2.93. The Morgan fingerprint density at radius 3 is 2.78 bits per heavy atom. The van der Waals surface area contributed by atoms with E-state index in [0.717, 1.165) is 26.2 Å². The van der Waals surface area contributed by atoms with Crippen molar-refractivity contribution in [1.29, 1.82) is 0 Å². The molecule has 1 aliphatic heterocycles. The molecule has 0 spiro atoms. The molecule has 2 heteroatoms. The summed E-state index contributed by atoms with van der Waals surface area (Å²) in [7, 11) is 0. The maximum atomic E-state index is 4.26. The smallest absolute Gasteiger partial charge is 0.0237 e. The minimum Gasteiger partial charge on any atom is -0.315 e. The van der Waals surface area contributed by atoms with Gasteiger partial charge in [0, 0.05) is 19.1 Å². The summed E-state index contributed by atoms with van der Waals surface area (Å²) in [6, 6.07) is 11.2. The van der Waals surface area contributed by atoms with Gasteiger partial charge in [0.15, 0.2) is 0 Å². The molecule has 0 aliphatic carbocycles. The van der Waals surface area contributed by atoms with Gasteiger partial charge in [-0.1, -0.05) is 43.8 Å². The van der Waals surface area contributed by atoms with E-state index in [0.29, 0.717) is 6.04 Å². The zero-order valence-electron chi connectivity index (χ0n) is 11.4. The Labute approximate surface area is 111 Å². The van der Waals surface area contributed by atoms with Crippen molar-refractivity contribution >= 4 is 5.57 Å². The van der Waals surface area contributed by atoms with Crippen LogP contribution in [-0.4, -0.2) is 37.1 Å². The first-order valence-corrected chi connectivity index (χ1v) is 6.99. The maximum absolute atomic E-state index is 4.26. The van der Waals surface area contributed by atoms with Crippen LogP contribution in [0.4, 0.5) is 0 Å². The second kappa shape index (κ2) is 6.72. The predicted molar refractivity (Wildman–Crippen MR) is 78.6 cm³/mol. The zero-order valence-corrected chi connectivity index (χ0v) is 11.4. The van der Waals surface area contributed by atoms with Crippen molar-refractivity contribution in [3.05, 3.63) is 42.5 Å². The predicted octanol–water partition coefficient (Wildman–Crippen LogP) is 2.77. The maximum Gasteiger partial charge on any atom is 0.0237 e. The fourth-order valence-electron chi connectivity index (χ4n) is 2.64. The Morgan fingerprint density at radius 2 is 2.17 bits per heavy atom. The minimum absolute atomic E-state index is 0.686. The highest BCUT2D eigenvalue weighted by Crippen LogP contribution is 2.17. The van der Waals surface area contributed by atoms with Crippen LogP contribution in [0.3, 0.4) is 0 Å². The van der Waals surface area contributed by atoms with Crippen molar-refractivity contribution in [3.63, 3.8) is 0 Å². The number of hydrogen-bond donors (Lipinski definition) is 1. The van der Waals surface area contributed by atoms with Gasteiger partial charge in [-0.25, -0.2) is 0 Å². The molecular formula is C16H24N2. The first kappa shape index (κ1) is 13.3. The molecule has 0 bridgehead atoms. The number of benzene rings is 1. The van der Waals surface area contributed by atoms with E-state index in [-0.39, 0.29) is 0 Å². The third kappa shape index (κ3) is 3.44. The molecular weight excluding hydrogens is 220 g/mol. The molecule has 0 amide bonds. The number of rotatable bonds is 6. The van der Waals surface area contributed by atoms with Gasteiger partial charge in [-0.15, -0.1) is 0 Å². The summed E-state index contributed by atoms with van der Waals surface area (Å²) in [4.78, 5) is 2.58. The molecule has 2 nitrogen and oxygen atoms in total. The topological polar surface area (TPSA) is 15.3 Å². The zero-order chi connectivity index (χ0) is 12.8. The molecule has 1 aromatic rings. The molecule has 1 aromatic carbocycles. The summed E-state index contributed by atoms with van der Waals surface area (Å²) in [6.45, 7) is 10.9.